The molecule has 0 aliphatic heterocycles. The molecule has 0 fully saturated rings. The molecule has 0 aromatic carbocycles. The summed E-state index contributed by atoms with van der Waals surface area (Å²) in [4.78, 5) is 63.5. The first-order valence-corrected chi connectivity index (χ1v) is 11.8. The van der Waals surface area contributed by atoms with Crippen LogP contribution in [0.5, 0.6) is 0 Å². The van der Waals surface area contributed by atoms with Gasteiger partial charge in [-0.1, -0.05) is 0 Å². The third-order valence-corrected chi connectivity index (χ3v) is 5.57. The lowest BCUT2D eigenvalue weighted by Crippen LogP contribution is -2.60. The van der Waals surface area contributed by atoms with E-state index in [9.17, 15) is 29.4 Å². The summed E-state index contributed by atoms with van der Waals surface area (Å²) in [5, 5.41) is 27.1. The number of aliphatic carboxylic acids is 1. The van der Waals surface area contributed by atoms with Crippen LogP contribution in [-0.4, -0.2) is 90.7 Å². The molecule has 2 heterocycles. The Bertz CT molecular complexity index is 996. The molecule has 0 aliphatic carbocycles. The maximum atomic E-state index is 13.0. The zero-order valence-electron chi connectivity index (χ0n) is 20.5. The Labute approximate surface area is 213 Å². The number of rotatable bonds is 16. The van der Waals surface area contributed by atoms with Crippen molar-refractivity contribution < 1.29 is 29.4 Å². The number of carbonyl (C=O) groups is 4. The fraction of sp³-hybridized carbons (Fsp3) is 0.545. The maximum absolute atomic E-state index is 13.0. The van der Waals surface area contributed by atoms with E-state index in [2.05, 4.69) is 35.9 Å². The van der Waals surface area contributed by atoms with E-state index in [1.807, 2.05) is 0 Å². The third-order valence-electron chi connectivity index (χ3n) is 5.57. The van der Waals surface area contributed by atoms with E-state index in [0.717, 1.165) is 0 Å². The highest BCUT2D eigenvalue weighted by Crippen LogP contribution is 2.06. The fourth-order valence-electron chi connectivity index (χ4n) is 3.50. The number of carbonyl (C=O) groups excluding carboxylic acids is 3. The molecule has 0 aliphatic rings. The molecule has 2 aromatic heterocycles. The molecule has 5 atom stereocenters. The number of aliphatic hydroxyl groups is 1. The van der Waals surface area contributed by atoms with Gasteiger partial charge in [-0.3, -0.25) is 14.4 Å². The van der Waals surface area contributed by atoms with Gasteiger partial charge in [-0.25, -0.2) is 14.8 Å². The Balaban J connectivity index is 2.08. The minimum atomic E-state index is -1.41. The van der Waals surface area contributed by atoms with Crippen LogP contribution in [0.15, 0.2) is 25.0 Å². The third kappa shape index (κ3) is 9.63. The number of nitrogens with two attached hydrogens (primary N) is 2. The highest BCUT2D eigenvalue weighted by atomic mass is 16.4. The van der Waals surface area contributed by atoms with Gasteiger partial charge in [0.05, 0.1) is 24.8 Å². The number of H-pyrrole nitrogens is 2. The second kappa shape index (κ2) is 14.7. The largest absolute Gasteiger partial charge is 0.480 e. The van der Waals surface area contributed by atoms with E-state index in [1.165, 1.54) is 32.0 Å². The average molecular weight is 522 g/mol. The van der Waals surface area contributed by atoms with Crippen molar-refractivity contribution in [1.82, 2.24) is 35.9 Å². The van der Waals surface area contributed by atoms with Crippen LogP contribution in [0.4, 0.5) is 0 Å². The summed E-state index contributed by atoms with van der Waals surface area (Å²) < 4.78 is 0. The number of aliphatic hydroxyl groups excluding tert-OH is 1. The smallest absolute Gasteiger partial charge is 0.326 e. The van der Waals surface area contributed by atoms with Crippen molar-refractivity contribution in [1.29, 1.82) is 0 Å². The van der Waals surface area contributed by atoms with Crippen LogP contribution in [-0.2, 0) is 32.0 Å². The lowest BCUT2D eigenvalue weighted by atomic mass is 10.0. The molecule has 0 radical (unpaired) electrons. The number of imidazole rings is 2. The predicted molar refractivity (Wildman–Crippen MR) is 131 cm³/mol. The number of aromatic nitrogens is 4. The molecule has 15 heteroatoms. The number of nitrogens with one attached hydrogen (secondary N) is 5. The van der Waals surface area contributed by atoms with Crippen LogP contribution in [0.2, 0.25) is 0 Å². The summed E-state index contributed by atoms with van der Waals surface area (Å²) >= 11 is 0. The number of aromatic amines is 2. The lowest BCUT2D eigenvalue weighted by Gasteiger charge is -2.26. The Hall–Kier alpha value is -3.82. The molecule has 0 saturated carbocycles. The van der Waals surface area contributed by atoms with E-state index in [1.54, 1.807) is 0 Å². The summed E-state index contributed by atoms with van der Waals surface area (Å²) in [6, 6.07) is -4.86. The highest BCUT2D eigenvalue weighted by molar-refractivity contribution is 5.94. The molecule has 2 rings (SSSR count). The second-order valence-corrected chi connectivity index (χ2v) is 8.64. The van der Waals surface area contributed by atoms with Gasteiger partial charge in [0, 0.05) is 36.6 Å². The lowest BCUT2D eigenvalue weighted by molar-refractivity contribution is -0.142. The summed E-state index contributed by atoms with van der Waals surface area (Å²) in [5.74, 6) is -3.52. The Morgan fingerprint density at radius 1 is 0.919 bits per heavy atom. The molecule has 0 saturated heterocycles. The van der Waals surface area contributed by atoms with Crippen LogP contribution < -0.4 is 27.4 Å². The highest BCUT2D eigenvalue weighted by Gasteiger charge is 2.32. The molecule has 2 aromatic rings. The van der Waals surface area contributed by atoms with Gasteiger partial charge in [-0.2, -0.15) is 0 Å². The van der Waals surface area contributed by atoms with E-state index < -0.39 is 54.0 Å². The number of carboxylic acids is 1. The van der Waals surface area contributed by atoms with Gasteiger partial charge in [0.25, 0.3) is 0 Å². The summed E-state index contributed by atoms with van der Waals surface area (Å²) in [6.07, 6.45) is 5.71. The van der Waals surface area contributed by atoms with Crippen molar-refractivity contribution in [2.45, 2.75) is 69.3 Å². The minimum Gasteiger partial charge on any atom is -0.480 e. The van der Waals surface area contributed by atoms with Crippen LogP contribution in [0.3, 0.4) is 0 Å². The Kier molecular flexibility index (Phi) is 11.7. The molecular formula is C22H35N9O6. The summed E-state index contributed by atoms with van der Waals surface area (Å²) in [5.41, 5.74) is 12.6. The van der Waals surface area contributed by atoms with Crippen molar-refractivity contribution in [3.8, 4) is 0 Å². The Morgan fingerprint density at radius 2 is 1.51 bits per heavy atom. The standard InChI is InChI=1S/C22H35N9O6/c1-12(32)18(31-19(33)15(24)6-13-8-25-10-27-13)21(35)29-16(4-2-3-5-23)20(34)30-17(22(36)37)7-14-9-26-11-28-14/h8-12,15-18,32H,2-7,23-24H2,1H3,(H,25,27)(H,26,28)(H,29,35)(H,30,34)(H,31,33)(H,36,37). The molecule has 0 bridgehead atoms. The number of unbranched alkanes of at least 4 members (excludes halogenated alkanes) is 1. The first kappa shape index (κ1) is 29.4. The zero-order valence-corrected chi connectivity index (χ0v) is 20.5. The van der Waals surface area contributed by atoms with Gasteiger partial charge < -0.3 is 47.6 Å². The predicted octanol–water partition coefficient (Wildman–Crippen LogP) is -2.71. The maximum Gasteiger partial charge on any atom is 0.326 e. The number of amides is 3. The first-order valence-electron chi connectivity index (χ1n) is 11.8. The van der Waals surface area contributed by atoms with Gasteiger partial charge in [0.1, 0.15) is 18.1 Å². The SMILES string of the molecule is CC(O)C(NC(=O)C(N)Cc1cnc[nH]1)C(=O)NC(CCCCN)C(=O)NC(Cc1cnc[nH]1)C(=O)O. The van der Waals surface area contributed by atoms with Crippen molar-refractivity contribution in [2.24, 2.45) is 11.5 Å². The van der Waals surface area contributed by atoms with Gasteiger partial charge in [-0.05, 0) is 32.7 Å². The molecule has 15 nitrogen and oxygen atoms in total. The van der Waals surface area contributed by atoms with Crippen LogP contribution in [0.1, 0.15) is 37.6 Å². The second-order valence-electron chi connectivity index (χ2n) is 8.64. The van der Waals surface area contributed by atoms with Crippen molar-refractivity contribution in [3.63, 3.8) is 0 Å². The van der Waals surface area contributed by atoms with Crippen molar-refractivity contribution in [3.05, 3.63) is 36.4 Å². The van der Waals surface area contributed by atoms with Gasteiger partial charge in [0.15, 0.2) is 0 Å². The molecule has 204 valence electrons. The molecule has 11 N–H and O–H groups in total. The van der Waals surface area contributed by atoms with E-state index in [-0.39, 0.29) is 19.3 Å². The molecule has 37 heavy (non-hydrogen) atoms. The Morgan fingerprint density at radius 3 is 2.03 bits per heavy atom. The summed E-state index contributed by atoms with van der Waals surface area (Å²) in [7, 11) is 0. The summed E-state index contributed by atoms with van der Waals surface area (Å²) in [6.45, 7) is 1.67. The zero-order chi connectivity index (χ0) is 27.4. The van der Waals surface area contributed by atoms with E-state index in [4.69, 9.17) is 11.5 Å². The van der Waals surface area contributed by atoms with Gasteiger partial charge in [-0.15, -0.1) is 0 Å². The van der Waals surface area contributed by atoms with Gasteiger partial charge in [0.2, 0.25) is 17.7 Å². The molecular weight excluding hydrogens is 486 g/mol. The minimum absolute atomic E-state index is 0.0505. The quantitative estimate of drug-likeness (QED) is 0.103. The van der Waals surface area contributed by atoms with Crippen molar-refractivity contribution in [2.75, 3.05) is 6.54 Å². The van der Waals surface area contributed by atoms with Crippen LogP contribution in [0.25, 0.3) is 0 Å². The van der Waals surface area contributed by atoms with Crippen LogP contribution >= 0.6 is 0 Å². The van der Waals surface area contributed by atoms with Gasteiger partial charge >= 0.3 is 5.97 Å². The number of hydrogen-bond acceptors (Lipinski definition) is 9. The molecule has 0 spiro atoms. The van der Waals surface area contributed by atoms with Crippen LogP contribution in [0, 0.1) is 0 Å². The number of carboxylic acid groups (broad SMARTS) is 1. The molecule has 3 amide bonds. The monoisotopic (exact) mass is 521 g/mol. The van der Waals surface area contributed by atoms with E-state index >= 15 is 0 Å². The number of nitrogens with zero attached hydrogens (tertiary/aromatic N) is 2. The average Bonchev–Trinajstić information content (AvgIpc) is 3.55. The number of hydrogen-bond donors (Lipinski definition) is 9. The first-order chi connectivity index (χ1) is 17.6. The molecule has 5 unspecified atom stereocenters. The normalized spacial score (nSPS) is 15.1. The topological polar surface area (TPSA) is 254 Å². The fourth-order valence-corrected chi connectivity index (χ4v) is 3.50. The van der Waals surface area contributed by atoms with Crippen molar-refractivity contribution >= 4 is 23.7 Å². The van der Waals surface area contributed by atoms with E-state index in [0.29, 0.717) is 30.8 Å².